The molecule has 0 bridgehead atoms. The van der Waals surface area contributed by atoms with Gasteiger partial charge in [-0.3, -0.25) is 0 Å². The zero-order chi connectivity index (χ0) is 12.0. The fourth-order valence-electron chi connectivity index (χ4n) is 1.62. The molecular weight excluding hydrogens is 290 g/mol. The van der Waals surface area contributed by atoms with E-state index in [-0.39, 0.29) is 12.3 Å². The molecule has 0 aromatic carbocycles. The van der Waals surface area contributed by atoms with Crippen molar-refractivity contribution < 1.29 is 9.47 Å². The fraction of sp³-hybridized carbons (Fsp3) is 0.636. The SMILES string of the molecule is CCNC(Cc1sccc1Br)C(OC)OC. The van der Waals surface area contributed by atoms with Gasteiger partial charge in [-0.1, -0.05) is 6.92 Å². The quantitative estimate of drug-likeness (QED) is 0.786. The topological polar surface area (TPSA) is 30.5 Å². The lowest BCUT2D eigenvalue weighted by atomic mass is 10.1. The van der Waals surface area contributed by atoms with Crippen LogP contribution in [0.4, 0.5) is 0 Å². The zero-order valence-corrected chi connectivity index (χ0v) is 12.2. The van der Waals surface area contributed by atoms with Crippen molar-refractivity contribution in [3.8, 4) is 0 Å². The van der Waals surface area contributed by atoms with Crippen LogP contribution in [0, 0.1) is 0 Å². The van der Waals surface area contributed by atoms with E-state index in [9.17, 15) is 0 Å². The molecule has 3 nitrogen and oxygen atoms in total. The molecule has 0 aliphatic heterocycles. The van der Waals surface area contributed by atoms with Crippen molar-refractivity contribution in [1.82, 2.24) is 5.32 Å². The number of thiophene rings is 1. The van der Waals surface area contributed by atoms with Gasteiger partial charge in [0.15, 0.2) is 6.29 Å². The van der Waals surface area contributed by atoms with Gasteiger partial charge in [-0.15, -0.1) is 11.3 Å². The van der Waals surface area contributed by atoms with Crippen LogP contribution in [0.3, 0.4) is 0 Å². The van der Waals surface area contributed by atoms with Crippen LogP contribution in [-0.2, 0) is 15.9 Å². The second-order valence-electron chi connectivity index (χ2n) is 3.40. The predicted molar refractivity (Wildman–Crippen MR) is 71.0 cm³/mol. The summed E-state index contributed by atoms with van der Waals surface area (Å²) in [4.78, 5) is 1.31. The number of hydrogen-bond acceptors (Lipinski definition) is 4. The summed E-state index contributed by atoms with van der Waals surface area (Å²) in [6.07, 6.45) is 0.687. The lowest BCUT2D eigenvalue weighted by molar-refractivity contribution is -0.122. The number of rotatable bonds is 7. The van der Waals surface area contributed by atoms with Crippen molar-refractivity contribution in [3.63, 3.8) is 0 Å². The molecule has 5 heteroatoms. The number of halogens is 1. The summed E-state index contributed by atoms with van der Waals surface area (Å²) in [7, 11) is 3.34. The van der Waals surface area contributed by atoms with Crippen LogP contribution in [0.1, 0.15) is 11.8 Å². The van der Waals surface area contributed by atoms with E-state index >= 15 is 0 Å². The monoisotopic (exact) mass is 307 g/mol. The lowest BCUT2D eigenvalue weighted by Gasteiger charge is -2.25. The Labute approximate surface area is 109 Å². The standard InChI is InChI=1S/C11H18BrNO2S/c1-4-13-9(11(14-2)15-3)7-10-8(12)5-6-16-10/h5-6,9,11,13H,4,7H2,1-3H3. The molecule has 0 amide bonds. The van der Waals surface area contributed by atoms with Crippen molar-refractivity contribution in [3.05, 3.63) is 20.8 Å². The molecule has 1 aromatic rings. The maximum Gasteiger partial charge on any atom is 0.172 e. The van der Waals surface area contributed by atoms with E-state index in [1.807, 2.05) is 0 Å². The molecule has 1 N–H and O–H groups in total. The maximum atomic E-state index is 5.31. The Balaban J connectivity index is 2.67. The molecule has 0 saturated heterocycles. The van der Waals surface area contributed by atoms with E-state index in [0.29, 0.717) is 0 Å². The minimum Gasteiger partial charge on any atom is -0.354 e. The first-order valence-electron chi connectivity index (χ1n) is 5.23. The molecule has 1 rings (SSSR count). The van der Waals surface area contributed by atoms with Gasteiger partial charge in [0.2, 0.25) is 0 Å². The molecule has 0 spiro atoms. The molecule has 1 atom stereocenters. The highest BCUT2D eigenvalue weighted by Crippen LogP contribution is 2.24. The predicted octanol–water partition coefficient (Wildman–Crippen LogP) is 2.65. The largest absolute Gasteiger partial charge is 0.354 e. The van der Waals surface area contributed by atoms with Gasteiger partial charge in [-0.25, -0.2) is 0 Å². The van der Waals surface area contributed by atoms with Gasteiger partial charge in [0, 0.05) is 30.0 Å². The van der Waals surface area contributed by atoms with Gasteiger partial charge in [-0.2, -0.15) is 0 Å². The van der Waals surface area contributed by atoms with Gasteiger partial charge in [0.05, 0.1) is 6.04 Å². The van der Waals surface area contributed by atoms with Gasteiger partial charge in [-0.05, 0) is 33.9 Å². The van der Waals surface area contributed by atoms with Crippen molar-refractivity contribution in [2.45, 2.75) is 25.7 Å². The molecule has 0 aliphatic carbocycles. The van der Waals surface area contributed by atoms with E-state index in [1.54, 1.807) is 25.6 Å². The van der Waals surface area contributed by atoms with Crippen LogP contribution >= 0.6 is 27.3 Å². The first kappa shape index (κ1) is 14.1. The molecule has 0 radical (unpaired) electrons. The second kappa shape index (κ2) is 7.40. The normalized spacial score (nSPS) is 13.3. The third kappa shape index (κ3) is 3.82. The summed E-state index contributed by atoms with van der Waals surface area (Å²) < 4.78 is 11.8. The Kier molecular flexibility index (Phi) is 6.53. The Hall–Kier alpha value is 0.0600. The zero-order valence-electron chi connectivity index (χ0n) is 9.83. The fourth-order valence-corrected chi connectivity index (χ4v) is 3.20. The molecule has 0 fully saturated rings. The van der Waals surface area contributed by atoms with E-state index in [1.165, 1.54) is 4.88 Å². The first-order valence-corrected chi connectivity index (χ1v) is 6.91. The molecular formula is C11H18BrNO2S. The molecule has 0 saturated carbocycles. The highest BCUT2D eigenvalue weighted by Gasteiger charge is 2.21. The van der Waals surface area contributed by atoms with Crippen molar-refractivity contribution in [2.75, 3.05) is 20.8 Å². The number of ether oxygens (including phenoxy) is 2. The van der Waals surface area contributed by atoms with Crippen molar-refractivity contribution >= 4 is 27.3 Å². The molecule has 1 aromatic heterocycles. The number of nitrogens with one attached hydrogen (secondary N) is 1. The Morgan fingerprint density at radius 1 is 1.44 bits per heavy atom. The first-order chi connectivity index (χ1) is 7.72. The van der Waals surface area contributed by atoms with Gasteiger partial charge in [0.25, 0.3) is 0 Å². The minimum atomic E-state index is -0.214. The summed E-state index contributed by atoms with van der Waals surface area (Å²) in [5.41, 5.74) is 0. The van der Waals surface area contributed by atoms with Crippen LogP contribution in [0.15, 0.2) is 15.9 Å². The summed E-state index contributed by atoms with van der Waals surface area (Å²) in [6, 6.07) is 2.24. The molecule has 1 heterocycles. The van der Waals surface area contributed by atoms with E-state index in [0.717, 1.165) is 17.4 Å². The number of methoxy groups -OCH3 is 2. The second-order valence-corrected chi connectivity index (χ2v) is 5.25. The number of hydrogen-bond donors (Lipinski definition) is 1. The Bertz CT molecular complexity index is 302. The van der Waals surface area contributed by atoms with Gasteiger partial charge in [0.1, 0.15) is 0 Å². The van der Waals surface area contributed by atoms with Gasteiger partial charge < -0.3 is 14.8 Å². The summed E-state index contributed by atoms with van der Waals surface area (Å²) in [5.74, 6) is 0. The highest BCUT2D eigenvalue weighted by molar-refractivity contribution is 9.10. The third-order valence-electron chi connectivity index (χ3n) is 2.36. The Morgan fingerprint density at radius 2 is 2.12 bits per heavy atom. The van der Waals surface area contributed by atoms with E-state index in [2.05, 4.69) is 39.6 Å². The van der Waals surface area contributed by atoms with Crippen LogP contribution in [0.25, 0.3) is 0 Å². The average molecular weight is 308 g/mol. The maximum absolute atomic E-state index is 5.31. The average Bonchev–Trinajstić information content (AvgIpc) is 2.66. The van der Waals surface area contributed by atoms with Crippen LogP contribution < -0.4 is 5.32 Å². The summed E-state index contributed by atoms with van der Waals surface area (Å²) >= 11 is 5.28. The summed E-state index contributed by atoms with van der Waals surface area (Å²) in [5, 5.41) is 5.47. The van der Waals surface area contributed by atoms with Crippen molar-refractivity contribution in [1.29, 1.82) is 0 Å². The van der Waals surface area contributed by atoms with Crippen molar-refractivity contribution in [2.24, 2.45) is 0 Å². The molecule has 1 unspecified atom stereocenters. The molecule has 0 aliphatic rings. The van der Waals surface area contributed by atoms with Crippen LogP contribution in [0.5, 0.6) is 0 Å². The highest BCUT2D eigenvalue weighted by atomic mass is 79.9. The van der Waals surface area contributed by atoms with Gasteiger partial charge >= 0.3 is 0 Å². The Morgan fingerprint density at radius 3 is 2.56 bits per heavy atom. The molecule has 92 valence electrons. The number of likely N-dealkylation sites (N-methyl/N-ethyl adjacent to an activating group) is 1. The molecule has 16 heavy (non-hydrogen) atoms. The van der Waals surface area contributed by atoms with Crippen LogP contribution in [0.2, 0.25) is 0 Å². The van der Waals surface area contributed by atoms with Crippen LogP contribution in [-0.4, -0.2) is 33.1 Å². The minimum absolute atomic E-state index is 0.176. The smallest absolute Gasteiger partial charge is 0.172 e. The lowest BCUT2D eigenvalue weighted by Crippen LogP contribution is -2.43. The third-order valence-corrected chi connectivity index (χ3v) is 4.30. The van der Waals surface area contributed by atoms with E-state index < -0.39 is 0 Å². The summed E-state index contributed by atoms with van der Waals surface area (Å²) in [6.45, 7) is 2.98. The van der Waals surface area contributed by atoms with E-state index in [4.69, 9.17) is 9.47 Å².